The Morgan fingerprint density at radius 2 is 1.91 bits per heavy atom. The summed E-state index contributed by atoms with van der Waals surface area (Å²) in [7, 11) is 0. The molecule has 0 saturated carbocycles. The quantitative estimate of drug-likeness (QED) is 0.280. The molecule has 2 aromatic heterocycles. The van der Waals surface area contributed by atoms with Crippen molar-refractivity contribution in [3.63, 3.8) is 0 Å². The van der Waals surface area contributed by atoms with Gasteiger partial charge in [-0.1, -0.05) is 18.9 Å². The molecule has 2 bridgehead atoms. The van der Waals surface area contributed by atoms with Crippen molar-refractivity contribution in [2.75, 3.05) is 37.7 Å². The van der Waals surface area contributed by atoms with E-state index in [4.69, 9.17) is 21.1 Å². The Morgan fingerprint density at radius 1 is 1.11 bits per heavy atom. The number of hydrogen-bond donors (Lipinski definition) is 2. The van der Waals surface area contributed by atoms with Crippen LogP contribution < -0.4 is 15.0 Å². The Morgan fingerprint density at radius 3 is 2.67 bits per heavy atom. The number of nitrogens with zero attached hydrogens (tertiary/aromatic N) is 5. The number of aromatic hydroxyl groups is 1. The van der Waals surface area contributed by atoms with E-state index in [0.29, 0.717) is 54.8 Å². The second-order valence-electron chi connectivity index (χ2n) is 13.2. The van der Waals surface area contributed by atoms with Crippen molar-refractivity contribution in [2.24, 2.45) is 0 Å². The van der Waals surface area contributed by atoms with Gasteiger partial charge < -0.3 is 20.1 Å². The average molecular weight is 629 g/mol. The smallest absolute Gasteiger partial charge is 0.319 e. The highest BCUT2D eigenvalue weighted by Gasteiger charge is 2.49. The second kappa shape index (κ2) is 11.0. The molecule has 4 fully saturated rings. The van der Waals surface area contributed by atoms with Crippen LogP contribution in [0.1, 0.15) is 50.3 Å². The first-order valence-electron chi connectivity index (χ1n) is 16.1. The number of fused-ring (bicyclic) bond motifs is 5. The van der Waals surface area contributed by atoms with Gasteiger partial charge in [0.05, 0.1) is 22.2 Å². The number of benzene rings is 2. The summed E-state index contributed by atoms with van der Waals surface area (Å²) >= 11 is 0. The average Bonchev–Trinajstić information content (AvgIpc) is 3.70. The molecule has 0 unspecified atom stereocenters. The molecule has 0 radical (unpaired) electrons. The van der Waals surface area contributed by atoms with Crippen molar-refractivity contribution in [1.29, 1.82) is 0 Å². The number of alkyl halides is 1. The van der Waals surface area contributed by atoms with Crippen LogP contribution in [-0.4, -0.2) is 81.5 Å². The zero-order valence-corrected chi connectivity index (χ0v) is 25.6. The fourth-order valence-electron chi connectivity index (χ4n) is 8.30. The van der Waals surface area contributed by atoms with E-state index in [1.54, 1.807) is 0 Å². The van der Waals surface area contributed by atoms with Gasteiger partial charge in [0, 0.05) is 49.1 Å². The number of phenols is 1. The SMILES string of the molecule is C#Cc1c(F)ccc2cc(O)cc(-c3nc(CC)c4c(N5C[C@H]6CC[C@@H](C5)N6)nc(OC[C@@]56CCCN5C[C@H](F)C6)nc4c3F)c12. The number of piperazine rings is 1. The lowest BCUT2D eigenvalue weighted by Gasteiger charge is -2.35. The van der Waals surface area contributed by atoms with E-state index in [9.17, 15) is 13.9 Å². The molecule has 4 aliphatic heterocycles. The molecule has 8 rings (SSSR count). The van der Waals surface area contributed by atoms with Crippen LogP contribution in [0.2, 0.25) is 0 Å². The number of nitrogens with one attached hydrogen (secondary N) is 1. The zero-order valence-electron chi connectivity index (χ0n) is 25.6. The molecule has 0 amide bonds. The summed E-state index contributed by atoms with van der Waals surface area (Å²) in [6.07, 6.45) is 9.50. The van der Waals surface area contributed by atoms with Crippen molar-refractivity contribution in [1.82, 2.24) is 25.2 Å². The van der Waals surface area contributed by atoms with Crippen molar-refractivity contribution in [3.8, 4) is 35.4 Å². The Bertz CT molecular complexity index is 1920. The lowest BCUT2D eigenvalue weighted by molar-refractivity contribution is 0.107. The molecule has 6 heterocycles. The molecule has 238 valence electrons. The molecule has 4 saturated heterocycles. The highest BCUT2D eigenvalue weighted by Crippen LogP contribution is 2.43. The maximum Gasteiger partial charge on any atom is 0.319 e. The summed E-state index contributed by atoms with van der Waals surface area (Å²) in [5.74, 6) is 1.44. The van der Waals surface area contributed by atoms with E-state index in [1.165, 1.54) is 24.3 Å². The Kier molecular flexibility index (Phi) is 6.99. The lowest BCUT2D eigenvalue weighted by atomic mass is 9.95. The van der Waals surface area contributed by atoms with Gasteiger partial charge in [-0.05, 0) is 62.2 Å². The van der Waals surface area contributed by atoms with Crippen LogP contribution in [0.5, 0.6) is 11.8 Å². The normalized spacial score (nSPS) is 25.8. The summed E-state index contributed by atoms with van der Waals surface area (Å²) in [6.45, 7) is 4.72. The third-order valence-corrected chi connectivity index (χ3v) is 10.4. The number of terminal acetylenes is 1. The molecule has 0 spiro atoms. The minimum atomic E-state index is -0.915. The van der Waals surface area contributed by atoms with Crippen LogP contribution >= 0.6 is 0 Å². The fourth-order valence-corrected chi connectivity index (χ4v) is 8.30. The van der Waals surface area contributed by atoms with E-state index >= 15 is 4.39 Å². The monoisotopic (exact) mass is 628 g/mol. The standard InChI is InChI=1S/C35H35F3N6O2/c1-3-24-26(37)9-6-19-12-23(45)13-25(28(19)24)31-30(38)32-29(27(4-2)40-31)33(43-16-21-7-8-22(17-43)39-21)42-34(41-32)46-18-35-10-5-11-44(35)15-20(36)14-35/h1,6,9,12-13,20-22,39,45H,4-5,7-8,10-11,14-18H2,2H3/t20-,21-,22+,35+/m1/s1. The van der Waals surface area contributed by atoms with Gasteiger partial charge in [0.2, 0.25) is 0 Å². The Labute approximate surface area is 265 Å². The van der Waals surface area contributed by atoms with Crippen LogP contribution in [-0.2, 0) is 6.42 Å². The Balaban J connectivity index is 1.32. The zero-order chi connectivity index (χ0) is 31.7. The van der Waals surface area contributed by atoms with Gasteiger partial charge >= 0.3 is 6.01 Å². The van der Waals surface area contributed by atoms with Gasteiger partial charge in [-0.15, -0.1) is 6.42 Å². The molecule has 4 aliphatic rings. The van der Waals surface area contributed by atoms with Crippen molar-refractivity contribution < 1.29 is 23.0 Å². The first kappa shape index (κ1) is 29.3. The van der Waals surface area contributed by atoms with Gasteiger partial charge in [-0.2, -0.15) is 9.97 Å². The van der Waals surface area contributed by atoms with Gasteiger partial charge in [0.15, 0.2) is 5.82 Å². The summed E-state index contributed by atoms with van der Waals surface area (Å²) in [6, 6.07) is 6.14. The summed E-state index contributed by atoms with van der Waals surface area (Å²) in [5, 5.41) is 15.5. The second-order valence-corrected chi connectivity index (χ2v) is 13.2. The van der Waals surface area contributed by atoms with Crippen LogP contribution in [0.15, 0.2) is 24.3 Å². The molecule has 4 atom stereocenters. The predicted octanol–water partition coefficient (Wildman–Crippen LogP) is 5.27. The van der Waals surface area contributed by atoms with Gasteiger partial charge in [-0.25, -0.2) is 18.2 Å². The van der Waals surface area contributed by atoms with E-state index in [-0.39, 0.29) is 58.2 Å². The topological polar surface area (TPSA) is 86.6 Å². The largest absolute Gasteiger partial charge is 0.508 e. The third-order valence-electron chi connectivity index (χ3n) is 10.4. The van der Waals surface area contributed by atoms with E-state index in [1.807, 2.05) is 6.92 Å². The number of hydrogen-bond acceptors (Lipinski definition) is 8. The lowest BCUT2D eigenvalue weighted by Crippen LogP contribution is -2.51. The highest BCUT2D eigenvalue weighted by atomic mass is 19.1. The molecule has 8 nitrogen and oxygen atoms in total. The predicted molar refractivity (Wildman–Crippen MR) is 170 cm³/mol. The van der Waals surface area contributed by atoms with E-state index < -0.39 is 23.3 Å². The maximum atomic E-state index is 17.0. The molecule has 0 aliphatic carbocycles. The molecule has 4 aromatic rings. The molecule has 46 heavy (non-hydrogen) atoms. The molecular formula is C35H35F3N6O2. The minimum Gasteiger partial charge on any atom is -0.508 e. The van der Waals surface area contributed by atoms with E-state index in [0.717, 1.165) is 32.2 Å². The first-order valence-corrected chi connectivity index (χ1v) is 16.1. The van der Waals surface area contributed by atoms with Gasteiger partial charge in [0.25, 0.3) is 0 Å². The number of aryl methyl sites for hydroxylation is 1. The number of phenolic OH excluding ortho intramolecular Hbond substituents is 1. The van der Waals surface area contributed by atoms with E-state index in [2.05, 4.69) is 26.0 Å². The number of ether oxygens (including phenoxy) is 1. The molecule has 2 aromatic carbocycles. The number of halogens is 3. The summed E-state index contributed by atoms with van der Waals surface area (Å²) in [5.41, 5.74) is 0.182. The molecular weight excluding hydrogens is 593 g/mol. The summed E-state index contributed by atoms with van der Waals surface area (Å²) < 4.78 is 52.8. The fraction of sp³-hybridized carbons (Fsp3) is 0.457. The number of rotatable bonds is 6. The van der Waals surface area contributed by atoms with Gasteiger partial charge in [-0.3, -0.25) is 4.90 Å². The Hall–Kier alpha value is -4.14. The highest BCUT2D eigenvalue weighted by molar-refractivity contribution is 6.03. The summed E-state index contributed by atoms with van der Waals surface area (Å²) in [4.78, 5) is 18.7. The maximum absolute atomic E-state index is 17.0. The third kappa shape index (κ3) is 4.64. The van der Waals surface area contributed by atoms with Crippen LogP contribution in [0, 0.1) is 24.0 Å². The van der Waals surface area contributed by atoms with Crippen LogP contribution in [0.3, 0.4) is 0 Å². The van der Waals surface area contributed by atoms with Crippen LogP contribution in [0.25, 0.3) is 32.9 Å². The van der Waals surface area contributed by atoms with Gasteiger partial charge in [0.1, 0.15) is 41.4 Å². The number of anilines is 1. The number of pyridine rings is 1. The number of aromatic nitrogens is 3. The van der Waals surface area contributed by atoms with Crippen molar-refractivity contribution >= 4 is 27.5 Å². The minimum absolute atomic E-state index is 0.0196. The molecule has 2 N–H and O–H groups in total. The van der Waals surface area contributed by atoms with Crippen molar-refractivity contribution in [3.05, 3.63) is 47.2 Å². The molecule has 11 heteroatoms. The van der Waals surface area contributed by atoms with Crippen molar-refractivity contribution in [2.45, 2.75) is 69.2 Å². The van der Waals surface area contributed by atoms with Crippen LogP contribution in [0.4, 0.5) is 19.0 Å². The first-order chi connectivity index (χ1) is 22.3.